The van der Waals surface area contributed by atoms with E-state index >= 15 is 0 Å². The monoisotopic (exact) mass is 447 g/mol. The van der Waals surface area contributed by atoms with Crippen LogP contribution in [0.2, 0.25) is 0 Å². The lowest BCUT2D eigenvalue weighted by molar-refractivity contribution is 0.0695. The summed E-state index contributed by atoms with van der Waals surface area (Å²) in [6, 6.07) is 7.64. The molecule has 0 aliphatic carbocycles. The molecule has 10 heteroatoms. The lowest BCUT2D eigenvalue weighted by atomic mass is 10.1. The largest absolute Gasteiger partial charge is 0.481 e. The third-order valence-electron chi connectivity index (χ3n) is 5.96. The zero-order valence-corrected chi connectivity index (χ0v) is 18.8. The average molecular weight is 447 g/mol. The molecular formula is C23H25N7O3. The highest BCUT2D eigenvalue weighted by molar-refractivity contribution is 5.73. The van der Waals surface area contributed by atoms with Crippen molar-refractivity contribution in [3.63, 3.8) is 0 Å². The van der Waals surface area contributed by atoms with Crippen molar-refractivity contribution < 1.29 is 9.47 Å². The first-order valence-electron chi connectivity index (χ1n) is 10.8. The summed E-state index contributed by atoms with van der Waals surface area (Å²) in [5.74, 6) is 0.971. The molecule has 1 N–H and O–H groups in total. The fourth-order valence-corrected chi connectivity index (χ4v) is 4.10. The molecule has 0 amide bonds. The zero-order chi connectivity index (χ0) is 22.9. The Morgan fingerprint density at radius 3 is 2.61 bits per heavy atom. The number of aromatic nitrogens is 6. The van der Waals surface area contributed by atoms with Crippen LogP contribution >= 0.6 is 0 Å². The topological polar surface area (TPSA) is 109 Å². The molecule has 0 spiro atoms. The standard InChI is InChI=1S/C23H25N7O3/c1-14-17(5-6-18(26-14)15-4-7-20(32-3)24-12-15)27-22-25-13-19-21(28-22)30(23(31)29(19)2)16-8-10-33-11-9-16/h4-7,12-13,16H,8-11H2,1-3H3,(H,25,27,28). The van der Waals surface area contributed by atoms with Gasteiger partial charge in [0.1, 0.15) is 5.52 Å². The van der Waals surface area contributed by atoms with E-state index in [1.165, 1.54) is 0 Å². The Kier molecular flexibility index (Phi) is 5.51. The molecule has 5 rings (SSSR count). The Balaban J connectivity index is 1.45. The molecule has 33 heavy (non-hydrogen) atoms. The SMILES string of the molecule is COc1ccc(-c2ccc(Nc3ncc4c(n3)n(C3CCOCC3)c(=O)n4C)c(C)n2)cn1. The molecule has 1 aliphatic heterocycles. The number of rotatable bonds is 5. The number of aryl methyl sites for hydroxylation is 2. The van der Waals surface area contributed by atoms with Crippen molar-refractivity contribution in [2.75, 3.05) is 25.6 Å². The van der Waals surface area contributed by atoms with Gasteiger partial charge in [-0.1, -0.05) is 0 Å². The molecule has 1 aliphatic rings. The van der Waals surface area contributed by atoms with Crippen molar-refractivity contribution in [3.05, 3.63) is 52.8 Å². The van der Waals surface area contributed by atoms with Crippen molar-refractivity contribution in [2.45, 2.75) is 25.8 Å². The number of methoxy groups -OCH3 is 1. The first kappa shape index (κ1) is 21.1. The van der Waals surface area contributed by atoms with Crippen LogP contribution in [-0.2, 0) is 11.8 Å². The van der Waals surface area contributed by atoms with Crippen molar-refractivity contribution in [3.8, 4) is 17.1 Å². The molecule has 0 bridgehead atoms. The average Bonchev–Trinajstić information content (AvgIpc) is 3.10. The molecule has 170 valence electrons. The third kappa shape index (κ3) is 3.93. The minimum Gasteiger partial charge on any atom is -0.481 e. The van der Waals surface area contributed by atoms with E-state index in [0.717, 1.165) is 35.5 Å². The van der Waals surface area contributed by atoms with Gasteiger partial charge >= 0.3 is 5.69 Å². The first-order valence-corrected chi connectivity index (χ1v) is 10.8. The summed E-state index contributed by atoms with van der Waals surface area (Å²) >= 11 is 0. The highest BCUT2D eigenvalue weighted by Gasteiger charge is 2.23. The van der Waals surface area contributed by atoms with Crippen LogP contribution in [0.4, 0.5) is 11.6 Å². The molecule has 5 heterocycles. The smallest absolute Gasteiger partial charge is 0.330 e. The lowest BCUT2D eigenvalue weighted by Crippen LogP contribution is -2.30. The molecule has 0 aromatic carbocycles. The van der Waals surface area contributed by atoms with E-state index in [1.54, 1.807) is 41.8 Å². The number of hydrogen-bond acceptors (Lipinski definition) is 8. The van der Waals surface area contributed by atoms with Crippen LogP contribution in [0.3, 0.4) is 0 Å². The van der Waals surface area contributed by atoms with E-state index in [-0.39, 0.29) is 11.7 Å². The Morgan fingerprint density at radius 2 is 1.91 bits per heavy atom. The summed E-state index contributed by atoms with van der Waals surface area (Å²) in [6.45, 7) is 3.21. The van der Waals surface area contributed by atoms with Crippen LogP contribution < -0.4 is 15.7 Å². The number of nitrogens with zero attached hydrogens (tertiary/aromatic N) is 6. The number of imidazole rings is 1. The van der Waals surface area contributed by atoms with Crippen LogP contribution in [0.5, 0.6) is 5.88 Å². The van der Waals surface area contributed by atoms with Crippen molar-refractivity contribution in [2.24, 2.45) is 7.05 Å². The predicted molar refractivity (Wildman–Crippen MR) is 124 cm³/mol. The van der Waals surface area contributed by atoms with Gasteiger partial charge in [-0.2, -0.15) is 4.98 Å². The second-order valence-electron chi connectivity index (χ2n) is 8.00. The van der Waals surface area contributed by atoms with Gasteiger partial charge in [-0.25, -0.2) is 14.8 Å². The minimum atomic E-state index is -0.0846. The second kappa shape index (κ2) is 8.62. The molecule has 0 atom stereocenters. The molecular weight excluding hydrogens is 422 g/mol. The van der Waals surface area contributed by atoms with Crippen LogP contribution in [0.15, 0.2) is 41.5 Å². The summed E-state index contributed by atoms with van der Waals surface area (Å²) < 4.78 is 14.0. The minimum absolute atomic E-state index is 0.0680. The maximum absolute atomic E-state index is 12.9. The number of fused-ring (bicyclic) bond motifs is 1. The number of pyridine rings is 2. The molecule has 1 saturated heterocycles. The van der Waals surface area contributed by atoms with Gasteiger partial charge in [-0.15, -0.1) is 0 Å². The zero-order valence-electron chi connectivity index (χ0n) is 18.8. The van der Waals surface area contributed by atoms with Crippen LogP contribution in [0.25, 0.3) is 22.4 Å². The van der Waals surface area contributed by atoms with Crippen LogP contribution in [0.1, 0.15) is 24.6 Å². The van der Waals surface area contributed by atoms with E-state index in [4.69, 9.17) is 19.4 Å². The van der Waals surface area contributed by atoms with Gasteiger partial charge in [0.2, 0.25) is 11.8 Å². The van der Waals surface area contributed by atoms with Gasteiger partial charge in [0.05, 0.1) is 30.4 Å². The van der Waals surface area contributed by atoms with E-state index in [0.29, 0.717) is 36.2 Å². The third-order valence-corrected chi connectivity index (χ3v) is 5.96. The molecule has 4 aromatic heterocycles. The fourth-order valence-electron chi connectivity index (χ4n) is 4.10. The number of nitrogens with one attached hydrogen (secondary N) is 1. The quantitative estimate of drug-likeness (QED) is 0.497. The second-order valence-corrected chi connectivity index (χ2v) is 8.00. The maximum Gasteiger partial charge on any atom is 0.330 e. The number of anilines is 2. The fraction of sp³-hybridized carbons (Fsp3) is 0.348. The van der Waals surface area contributed by atoms with Crippen LogP contribution in [0, 0.1) is 6.92 Å². The summed E-state index contributed by atoms with van der Waals surface area (Å²) in [7, 11) is 3.33. The van der Waals surface area contributed by atoms with Crippen molar-refractivity contribution >= 4 is 22.8 Å². The Labute approximate surface area is 190 Å². The van der Waals surface area contributed by atoms with Gasteiger partial charge in [0.25, 0.3) is 0 Å². The number of ether oxygens (including phenoxy) is 2. The van der Waals surface area contributed by atoms with Gasteiger partial charge in [0.15, 0.2) is 5.65 Å². The predicted octanol–water partition coefficient (Wildman–Crippen LogP) is 3.00. The molecule has 0 unspecified atom stereocenters. The van der Waals surface area contributed by atoms with Gasteiger partial charge < -0.3 is 14.8 Å². The normalized spacial score (nSPS) is 14.5. The highest BCUT2D eigenvalue weighted by Crippen LogP contribution is 2.26. The van der Waals surface area contributed by atoms with Gasteiger partial charge in [0, 0.05) is 44.1 Å². The summed E-state index contributed by atoms with van der Waals surface area (Å²) in [5.41, 5.74) is 4.53. The Bertz CT molecular complexity index is 1360. The van der Waals surface area contributed by atoms with Gasteiger partial charge in [-0.3, -0.25) is 14.1 Å². The molecule has 4 aromatic rings. The Morgan fingerprint density at radius 1 is 1.09 bits per heavy atom. The molecule has 10 nitrogen and oxygen atoms in total. The van der Waals surface area contributed by atoms with E-state index < -0.39 is 0 Å². The van der Waals surface area contributed by atoms with E-state index in [9.17, 15) is 4.79 Å². The van der Waals surface area contributed by atoms with Crippen molar-refractivity contribution in [1.82, 2.24) is 29.1 Å². The summed E-state index contributed by atoms with van der Waals surface area (Å²) in [6.07, 6.45) is 4.99. The molecule has 0 saturated carbocycles. The van der Waals surface area contributed by atoms with E-state index in [2.05, 4.69) is 15.3 Å². The Hall–Kier alpha value is -3.79. The van der Waals surface area contributed by atoms with Gasteiger partial charge in [-0.05, 0) is 38.0 Å². The highest BCUT2D eigenvalue weighted by atomic mass is 16.5. The number of hydrogen-bond donors (Lipinski definition) is 1. The lowest BCUT2D eigenvalue weighted by Gasteiger charge is -2.22. The molecule has 1 fully saturated rings. The summed E-state index contributed by atoms with van der Waals surface area (Å²) in [4.78, 5) is 31.0. The first-order chi connectivity index (χ1) is 16.0. The summed E-state index contributed by atoms with van der Waals surface area (Å²) in [5, 5.41) is 3.25. The van der Waals surface area contributed by atoms with Crippen molar-refractivity contribution in [1.29, 1.82) is 0 Å². The molecule has 0 radical (unpaired) electrons. The van der Waals surface area contributed by atoms with Crippen LogP contribution in [-0.4, -0.2) is 49.4 Å². The maximum atomic E-state index is 12.9. The van der Waals surface area contributed by atoms with E-state index in [1.807, 2.05) is 25.1 Å².